The standard InChI is InChI=1S/C30H36N4O6S/c1-38-29(36)20-31-30(37)40-21-34-26-19-23(9-7-22(26)8-10-28(34)35)39-17-3-2-12-32-13-15-33(16-14-32)25-5-4-6-27-24(25)11-18-41-27/h4-7,9,11,18-19H,2-3,8,10,12-17,20-21H2,1H3,(H,31,37). The van der Waals surface area contributed by atoms with Crippen molar-refractivity contribution in [1.29, 1.82) is 0 Å². The minimum absolute atomic E-state index is 0.137. The Morgan fingerprint density at radius 2 is 1.85 bits per heavy atom. The SMILES string of the molecule is COC(=O)CNC(=O)OCN1C(=O)CCc2ccc(OCCCCN3CCN(c4cccc5sccc45)CC3)cc21. The van der Waals surface area contributed by atoms with Crippen LogP contribution in [0.25, 0.3) is 10.1 Å². The predicted molar refractivity (Wildman–Crippen MR) is 159 cm³/mol. The summed E-state index contributed by atoms with van der Waals surface area (Å²) in [7, 11) is 1.23. The smallest absolute Gasteiger partial charge is 0.409 e. The third kappa shape index (κ3) is 7.28. The van der Waals surface area contributed by atoms with Gasteiger partial charge in [0.05, 0.1) is 19.4 Å². The number of nitrogens with one attached hydrogen (secondary N) is 1. The number of amides is 2. The lowest BCUT2D eigenvalue weighted by atomic mass is 10.0. The molecule has 0 saturated carbocycles. The van der Waals surface area contributed by atoms with E-state index in [-0.39, 0.29) is 19.2 Å². The number of carbonyl (C=O) groups is 3. The van der Waals surface area contributed by atoms with E-state index >= 15 is 0 Å². The van der Waals surface area contributed by atoms with E-state index in [1.807, 2.05) is 18.2 Å². The number of alkyl carbamates (subject to hydrolysis) is 1. The van der Waals surface area contributed by atoms with Crippen molar-refractivity contribution in [2.45, 2.75) is 25.7 Å². The highest BCUT2D eigenvalue weighted by molar-refractivity contribution is 7.17. The van der Waals surface area contributed by atoms with Crippen LogP contribution in [0.2, 0.25) is 0 Å². The number of piperazine rings is 1. The number of nitrogens with zero attached hydrogens (tertiary/aromatic N) is 3. The third-order valence-electron chi connectivity index (χ3n) is 7.51. The van der Waals surface area contributed by atoms with Gasteiger partial charge >= 0.3 is 12.1 Å². The summed E-state index contributed by atoms with van der Waals surface area (Å²) in [5.74, 6) is -0.0501. The van der Waals surface area contributed by atoms with Crippen LogP contribution in [0.4, 0.5) is 16.2 Å². The first-order valence-corrected chi connectivity index (χ1v) is 14.9. The highest BCUT2D eigenvalue weighted by Crippen LogP contribution is 2.32. The molecule has 0 bridgehead atoms. The minimum atomic E-state index is -0.802. The summed E-state index contributed by atoms with van der Waals surface area (Å²) < 4.78 is 17.0. The summed E-state index contributed by atoms with van der Waals surface area (Å²) in [6, 6.07) is 14.5. The first-order chi connectivity index (χ1) is 20.0. The Hall–Kier alpha value is -3.83. The summed E-state index contributed by atoms with van der Waals surface area (Å²) in [6.07, 6.45) is 2.12. The average molecular weight is 581 g/mol. The van der Waals surface area contributed by atoms with Gasteiger partial charge in [0.15, 0.2) is 6.73 Å². The van der Waals surface area contributed by atoms with Crippen LogP contribution in [0.1, 0.15) is 24.8 Å². The molecule has 10 nitrogen and oxygen atoms in total. The average Bonchev–Trinajstić information content (AvgIpc) is 3.49. The lowest BCUT2D eigenvalue weighted by Gasteiger charge is -2.36. The fourth-order valence-corrected chi connectivity index (χ4v) is 6.04. The van der Waals surface area contributed by atoms with E-state index in [2.05, 4.69) is 49.5 Å². The van der Waals surface area contributed by atoms with Crippen molar-refractivity contribution in [3.05, 3.63) is 53.4 Å². The molecule has 1 aromatic heterocycles. The van der Waals surface area contributed by atoms with Gasteiger partial charge in [-0.05, 0) is 61.0 Å². The van der Waals surface area contributed by atoms with E-state index < -0.39 is 12.1 Å². The largest absolute Gasteiger partial charge is 0.494 e. The summed E-state index contributed by atoms with van der Waals surface area (Å²) >= 11 is 1.79. The van der Waals surface area contributed by atoms with Crippen LogP contribution in [-0.4, -0.2) is 82.6 Å². The second kappa shape index (κ2) is 13.7. The molecule has 0 aliphatic carbocycles. The number of hydrogen-bond donors (Lipinski definition) is 1. The molecule has 0 radical (unpaired) electrons. The molecule has 5 rings (SSSR count). The van der Waals surface area contributed by atoms with Crippen molar-refractivity contribution in [2.24, 2.45) is 0 Å². The van der Waals surface area contributed by atoms with E-state index in [9.17, 15) is 14.4 Å². The van der Waals surface area contributed by atoms with Gasteiger partial charge in [-0.1, -0.05) is 12.1 Å². The van der Waals surface area contributed by atoms with Gasteiger partial charge < -0.3 is 24.4 Å². The molecular weight excluding hydrogens is 544 g/mol. The molecule has 0 atom stereocenters. The number of hydrogen-bond acceptors (Lipinski definition) is 9. The summed E-state index contributed by atoms with van der Waals surface area (Å²) in [5.41, 5.74) is 3.01. The molecule has 2 aliphatic heterocycles. The van der Waals surface area contributed by atoms with E-state index in [1.165, 1.54) is 27.8 Å². The first kappa shape index (κ1) is 28.7. The Morgan fingerprint density at radius 1 is 1.00 bits per heavy atom. The molecule has 3 heterocycles. The lowest BCUT2D eigenvalue weighted by molar-refractivity contribution is -0.139. The molecule has 1 fully saturated rings. The van der Waals surface area contributed by atoms with Crippen LogP contribution in [0.3, 0.4) is 0 Å². The Balaban J connectivity index is 1.04. The topological polar surface area (TPSA) is 101 Å². The van der Waals surface area contributed by atoms with E-state index in [0.29, 0.717) is 30.9 Å². The molecular formula is C30H36N4O6S. The minimum Gasteiger partial charge on any atom is -0.494 e. The Kier molecular flexibility index (Phi) is 9.58. The summed E-state index contributed by atoms with van der Waals surface area (Å²) in [4.78, 5) is 42.1. The molecule has 41 heavy (non-hydrogen) atoms. The third-order valence-corrected chi connectivity index (χ3v) is 8.39. The van der Waals surface area contributed by atoms with E-state index in [4.69, 9.17) is 9.47 Å². The Bertz CT molecular complexity index is 1370. The van der Waals surface area contributed by atoms with Gasteiger partial charge in [0, 0.05) is 54.4 Å². The van der Waals surface area contributed by atoms with Crippen LogP contribution >= 0.6 is 11.3 Å². The number of ether oxygens (including phenoxy) is 3. The van der Waals surface area contributed by atoms with Crippen molar-refractivity contribution in [2.75, 3.05) is 69.5 Å². The van der Waals surface area contributed by atoms with Crippen molar-refractivity contribution < 1.29 is 28.6 Å². The summed E-state index contributed by atoms with van der Waals surface area (Å²) in [6.45, 7) is 5.25. The first-order valence-electron chi connectivity index (χ1n) is 14.0. The van der Waals surface area contributed by atoms with Crippen LogP contribution in [0.15, 0.2) is 47.8 Å². The highest BCUT2D eigenvalue weighted by atomic mass is 32.1. The maximum absolute atomic E-state index is 12.6. The molecule has 0 unspecified atom stereocenters. The molecule has 2 aliphatic rings. The normalized spacial score (nSPS) is 15.5. The number of thiophene rings is 1. The second-order valence-electron chi connectivity index (χ2n) is 10.1. The molecule has 2 aromatic carbocycles. The zero-order valence-corrected chi connectivity index (χ0v) is 24.1. The van der Waals surface area contributed by atoms with Crippen LogP contribution in [-0.2, 0) is 25.5 Å². The number of aryl methyl sites for hydroxylation is 1. The lowest BCUT2D eigenvalue weighted by Crippen LogP contribution is -2.46. The number of methoxy groups -OCH3 is 1. The number of esters is 1. The highest BCUT2D eigenvalue weighted by Gasteiger charge is 2.26. The Morgan fingerprint density at radius 3 is 2.68 bits per heavy atom. The molecule has 11 heteroatoms. The number of carbonyl (C=O) groups excluding carboxylic acids is 3. The maximum Gasteiger partial charge on any atom is 0.409 e. The van der Waals surface area contributed by atoms with Gasteiger partial charge in [-0.3, -0.25) is 19.4 Å². The predicted octanol–water partition coefficient (Wildman–Crippen LogP) is 4.02. The molecule has 1 N–H and O–H groups in total. The maximum atomic E-state index is 12.6. The van der Waals surface area contributed by atoms with Crippen molar-refractivity contribution in [1.82, 2.24) is 10.2 Å². The molecule has 1 saturated heterocycles. The zero-order valence-electron chi connectivity index (χ0n) is 23.3. The fraction of sp³-hybridized carbons (Fsp3) is 0.433. The summed E-state index contributed by atoms with van der Waals surface area (Å²) in [5, 5.41) is 5.82. The zero-order chi connectivity index (χ0) is 28.6. The van der Waals surface area contributed by atoms with Gasteiger partial charge in [-0.2, -0.15) is 0 Å². The van der Waals surface area contributed by atoms with Crippen LogP contribution in [0.5, 0.6) is 5.75 Å². The molecule has 218 valence electrons. The van der Waals surface area contributed by atoms with Gasteiger partial charge in [0.25, 0.3) is 0 Å². The second-order valence-corrected chi connectivity index (χ2v) is 11.0. The monoisotopic (exact) mass is 580 g/mol. The molecule has 2 amide bonds. The Labute approximate surface area is 243 Å². The fourth-order valence-electron chi connectivity index (χ4n) is 5.23. The quantitative estimate of drug-likeness (QED) is 0.268. The molecule has 0 spiro atoms. The number of anilines is 2. The van der Waals surface area contributed by atoms with E-state index in [0.717, 1.165) is 51.1 Å². The van der Waals surface area contributed by atoms with Gasteiger partial charge in [-0.25, -0.2) is 4.79 Å². The van der Waals surface area contributed by atoms with Crippen molar-refractivity contribution >= 4 is 50.8 Å². The number of fused-ring (bicyclic) bond motifs is 2. The number of benzene rings is 2. The van der Waals surface area contributed by atoms with Gasteiger partial charge in [-0.15, -0.1) is 11.3 Å². The van der Waals surface area contributed by atoms with Crippen molar-refractivity contribution in [3.63, 3.8) is 0 Å². The van der Waals surface area contributed by atoms with Gasteiger partial charge in [0.2, 0.25) is 5.91 Å². The van der Waals surface area contributed by atoms with Gasteiger partial charge in [0.1, 0.15) is 12.3 Å². The molecule has 3 aromatic rings. The number of unbranched alkanes of at least 4 members (excludes halogenated alkanes) is 1. The van der Waals surface area contributed by atoms with Crippen molar-refractivity contribution in [3.8, 4) is 5.75 Å². The van der Waals surface area contributed by atoms with Crippen LogP contribution < -0.4 is 19.9 Å². The van der Waals surface area contributed by atoms with E-state index in [1.54, 1.807) is 11.3 Å². The van der Waals surface area contributed by atoms with Crippen LogP contribution in [0, 0.1) is 0 Å². The number of rotatable bonds is 11.